The van der Waals surface area contributed by atoms with Crippen LogP contribution in [0.1, 0.15) is 59.3 Å². The highest BCUT2D eigenvalue weighted by Gasteiger charge is 2.81. The molecule has 5 atom stereocenters. The van der Waals surface area contributed by atoms with Crippen LogP contribution in [0.5, 0.6) is 0 Å². The number of alkyl halides is 4. The summed E-state index contributed by atoms with van der Waals surface area (Å²) >= 11 is 16.1. The van der Waals surface area contributed by atoms with Crippen molar-refractivity contribution in [3.05, 3.63) is 0 Å². The molecule has 0 aliphatic heterocycles. The van der Waals surface area contributed by atoms with E-state index < -0.39 is 0 Å². The van der Waals surface area contributed by atoms with Crippen LogP contribution in [0.4, 0.5) is 0 Å². The van der Waals surface area contributed by atoms with Crippen molar-refractivity contribution in [2.24, 2.45) is 34.0 Å². The van der Waals surface area contributed by atoms with Gasteiger partial charge >= 0.3 is 0 Å². The molecule has 120 valence electrons. The predicted octanol–water partition coefficient (Wildman–Crippen LogP) is 7.22. The minimum absolute atomic E-state index is 0.186. The summed E-state index contributed by atoms with van der Waals surface area (Å²) in [7, 11) is 0. The summed E-state index contributed by atoms with van der Waals surface area (Å²) in [5, 5.41) is 0. The topological polar surface area (TPSA) is 0 Å². The molecule has 4 aliphatic rings. The lowest BCUT2D eigenvalue weighted by molar-refractivity contribution is 0.0319. The Balaban J connectivity index is 1.78. The highest BCUT2D eigenvalue weighted by Crippen LogP contribution is 2.86. The molecule has 4 rings (SSSR count). The van der Waals surface area contributed by atoms with E-state index in [9.17, 15) is 0 Å². The van der Waals surface area contributed by atoms with Crippen LogP contribution < -0.4 is 0 Å². The van der Waals surface area contributed by atoms with E-state index in [1.165, 1.54) is 38.5 Å². The van der Waals surface area contributed by atoms with Gasteiger partial charge in [0.1, 0.15) is 0 Å². The summed E-state index contributed by atoms with van der Waals surface area (Å²) in [6.45, 7) is 7.57. The molecule has 0 unspecified atom stereocenters. The second-order valence-corrected chi connectivity index (χ2v) is 16.4. The molecule has 1 spiro atoms. The molecular formula is C17H24Br4. The third-order valence-corrected chi connectivity index (χ3v) is 12.7. The van der Waals surface area contributed by atoms with Crippen molar-refractivity contribution in [3.63, 3.8) is 0 Å². The van der Waals surface area contributed by atoms with Crippen molar-refractivity contribution in [1.29, 1.82) is 0 Å². The summed E-state index contributed by atoms with van der Waals surface area (Å²) in [4.78, 5) is 0. The van der Waals surface area contributed by atoms with Crippen molar-refractivity contribution in [2.75, 3.05) is 0 Å². The van der Waals surface area contributed by atoms with Gasteiger partial charge in [0, 0.05) is 5.41 Å². The molecule has 0 heterocycles. The third kappa shape index (κ3) is 1.89. The zero-order valence-corrected chi connectivity index (χ0v) is 19.3. The highest BCUT2D eigenvalue weighted by atomic mass is 79.9. The second kappa shape index (κ2) is 4.36. The first kappa shape index (κ1) is 16.4. The molecule has 21 heavy (non-hydrogen) atoms. The van der Waals surface area contributed by atoms with Gasteiger partial charge in [-0.05, 0) is 60.7 Å². The van der Waals surface area contributed by atoms with Crippen LogP contribution >= 0.6 is 63.7 Å². The molecule has 4 fully saturated rings. The van der Waals surface area contributed by atoms with Gasteiger partial charge in [-0.25, -0.2) is 0 Å². The van der Waals surface area contributed by atoms with Gasteiger partial charge in [-0.1, -0.05) is 90.9 Å². The van der Waals surface area contributed by atoms with E-state index in [0.717, 1.165) is 17.8 Å². The normalized spacial score (nSPS) is 55.3. The van der Waals surface area contributed by atoms with E-state index in [0.29, 0.717) is 16.2 Å². The molecule has 0 amide bonds. The summed E-state index contributed by atoms with van der Waals surface area (Å²) in [5.74, 6) is 2.48. The average molecular weight is 548 g/mol. The third-order valence-electron chi connectivity index (χ3n) is 7.72. The second-order valence-electron chi connectivity index (χ2n) is 9.07. The molecule has 0 saturated heterocycles. The van der Waals surface area contributed by atoms with E-state index in [4.69, 9.17) is 0 Å². The monoisotopic (exact) mass is 544 g/mol. The fourth-order valence-corrected chi connectivity index (χ4v) is 10.5. The lowest BCUT2D eigenvalue weighted by atomic mass is 9.59. The number of fused-ring (bicyclic) bond motifs is 4. The van der Waals surface area contributed by atoms with E-state index in [1.54, 1.807) is 0 Å². The van der Waals surface area contributed by atoms with Gasteiger partial charge in [0.15, 0.2) is 0 Å². The summed E-state index contributed by atoms with van der Waals surface area (Å²) in [5.41, 5.74) is 1.42. The first-order valence-electron chi connectivity index (χ1n) is 8.25. The molecule has 0 N–H and O–H groups in total. The Morgan fingerprint density at radius 2 is 1.52 bits per heavy atom. The maximum absolute atomic E-state index is 4.05. The van der Waals surface area contributed by atoms with Crippen molar-refractivity contribution >= 4 is 63.7 Å². The fourth-order valence-electron chi connectivity index (χ4n) is 6.28. The van der Waals surface area contributed by atoms with Crippen LogP contribution in [0.3, 0.4) is 0 Å². The molecule has 0 radical (unpaired) electrons. The van der Waals surface area contributed by atoms with Crippen molar-refractivity contribution in [2.45, 2.75) is 65.8 Å². The van der Waals surface area contributed by atoms with E-state index in [2.05, 4.69) is 84.5 Å². The molecule has 4 aliphatic carbocycles. The number of rotatable bonds is 0. The first-order chi connectivity index (χ1) is 9.50. The lowest BCUT2D eigenvalue weighted by Crippen LogP contribution is -2.40. The molecule has 0 nitrogen and oxygen atoms in total. The van der Waals surface area contributed by atoms with Crippen molar-refractivity contribution in [3.8, 4) is 0 Å². The Bertz CT molecular complexity index is 497. The zero-order valence-electron chi connectivity index (χ0n) is 13.0. The van der Waals surface area contributed by atoms with Crippen molar-refractivity contribution < 1.29 is 0 Å². The van der Waals surface area contributed by atoms with Crippen LogP contribution in [0.15, 0.2) is 0 Å². The largest absolute Gasteiger partial charge is 0.0899 e. The first-order valence-corrected chi connectivity index (χ1v) is 11.4. The van der Waals surface area contributed by atoms with Crippen LogP contribution in [0.25, 0.3) is 0 Å². The Morgan fingerprint density at radius 3 is 2.10 bits per heavy atom. The molecule has 0 bridgehead atoms. The van der Waals surface area contributed by atoms with Crippen molar-refractivity contribution in [1.82, 2.24) is 0 Å². The van der Waals surface area contributed by atoms with Crippen LogP contribution in [0, 0.1) is 34.0 Å². The quantitative estimate of drug-likeness (QED) is 0.281. The molecule has 0 aromatic rings. The number of hydrogen-bond donors (Lipinski definition) is 0. The maximum atomic E-state index is 4.05. The SMILES string of the molecule is CC1(C)CCC[C@]2(CC2(Br)Br)[C@@H]2CC[C@]3(C)[C@H]([C@@H]21)C3(Br)Br. The molecule has 0 aromatic carbocycles. The maximum Gasteiger partial charge on any atom is 0.0899 e. The molecule has 4 saturated carbocycles. The Hall–Kier alpha value is 1.92. The van der Waals surface area contributed by atoms with Crippen LogP contribution in [0.2, 0.25) is 0 Å². The van der Waals surface area contributed by atoms with Gasteiger partial charge in [-0.2, -0.15) is 0 Å². The van der Waals surface area contributed by atoms with Crippen LogP contribution in [-0.2, 0) is 0 Å². The number of hydrogen-bond acceptors (Lipinski definition) is 0. The van der Waals surface area contributed by atoms with E-state index in [1.807, 2.05) is 0 Å². The Morgan fingerprint density at radius 1 is 0.905 bits per heavy atom. The minimum atomic E-state index is 0.186. The fraction of sp³-hybridized carbons (Fsp3) is 1.00. The average Bonchev–Trinajstić information content (AvgIpc) is 3.07. The van der Waals surface area contributed by atoms with Gasteiger partial charge in [0.25, 0.3) is 0 Å². The molecule has 4 heteroatoms. The lowest BCUT2D eigenvalue weighted by Gasteiger charge is -2.45. The van der Waals surface area contributed by atoms with Gasteiger partial charge in [0.05, 0.1) is 6.47 Å². The van der Waals surface area contributed by atoms with Gasteiger partial charge < -0.3 is 0 Å². The van der Waals surface area contributed by atoms with Gasteiger partial charge in [-0.3, -0.25) is 0 Å². The van der Waals surface area contributed by atoms with E-state index in [-0.39, 0.29) is 6.47 Å². The minimum Gasteiger partial charge on any atom is -0.0721 e. The molecule has 0 aromatic heterocycles. The highest BCUT2D eigenvalue weighted by molar-refractivity contribution is 9.26. The Labute approximate surface area is 162 Å². The summed E-state index contributed by atoms with van der Waals surface area (Å²) in [6.07, 6.45) is 8.25. The standard InChI is InChI=1S/C17H24Br4/c1-13(2)6-4-7-15(9-16(15,18)19)10-5-8-14(3)12(11(10)13)17(14,20)21/h10-12H,4-9H2,1-3H3/t10-,11-,12+,14-,15+/m1/s1. The smallest absolute Gasteiger partial charge is 0.0721 e. The Kier molecular flexibility index (Phi) is 3.40. The predicted molar refractivity (Wildman–Crippen MR) is 104 cm³/mol. The van der Waals surface area contributed by atoms with E-state index >= 15 is 0 Å². The van der Waals surface area contributed by atoms with Crippen LogP contribution in [-0.4, -0.2) is 6.47 Å². The molecular weight excluding hydrogens is 524 g/mol. The van der Waals surface area contributed by atoms with Gasteiger partial charge in [0.2, 0.25) is 0 Å². The summed E-state index contributed by atoms with van der Waals surface area (Å²) in [6, 6.07) is 0. The number of halogens is 4. The van der Waals surface area contributed by atoms with Gasteiger partial charge in [-0.15, -0.1) is 0 Å². The zero-order chi connectivity index (χ0) is 15.5. The summed E-state index contributed by atoms with van der Waals surface area (Å²) < 4.78 is 0.408.